The predicted molar refractivity (Wildman–Crippen MR) is 42.1 cm³/mol. The molecule has 0 fully saturated rings. The highest BCUT2D eigenvalue weighted by atomic mass is 16.5. The summed E-state index contributed by atoms with van der Waals surface area (Å²) >= 11 is 0. The van der Waals surface area contributed by atoms with Crippen LogP contribution in [0.1, 0.15) is 26.7 Å². The molecule has 0 saturated carbocycles. The second-order valence-electron chi connectivity index (χ2n) is 2.73. The van der Waals surface area contributed by atoms with Crippen molar-refractivity contribution in [2.75, 3.05) is 7.11 Å². The van der Waals surface area contributed by atoms with Crippen LogP contribution in [0.3, 0.4) is 0 Å². The van der Waals surface area contributed by atoms with Crippen molar-refractivity contribution in [3.05, 3.63) is 0 Å². The Kier molecular flexibility index (Phi) is 4.86. The highest BCUT2D eigenvalue weighted by molar-refractivity contribution is 5.69. The topological polar surface area (TPSA) is 46.5 Å². The molecule has 0 spiro atoms. The van der Waals surface area contributed by atoms with E-state index in [4.69, 9.17) is 0 Å². The molecule has 0 aromatic rings. The van der Waals surface area contributed by atoms with E-state index in [0.717, 1.165) is 6.42 Å². The summed E-state index contributed by atoms with van der Waals surface area (Å²) in [6.07, 6.45) is 0.413. The van der Waals surface area contributed by atoms with Crippen LogP contribution in [0, 0.1) is 5.92 Å². The van der Waals surface area contributed by atoms with Crippen LogP contribution in [0.25, 0.3) is 0 Å². The third-order valence-corrected chi connectivity index (χ3v) is 1.90. The molecule has 1 N–H and O–H groups in total. The molecule has 0 aromatic carbocycles. The molecule has 0 aliphatic rings. The van der Waals surface area contributed by atoms with Crippen molar-refractivity contribution in [3.63, 3.8) is 0 Å². The Morgan fingerprint density at radius 3 is 2.55 bits per heavy atom. The summed E-state index contributed by atoms with van der Waals surface area (Å²) in [5.41, 5.74) is 0. The number of esters is 1. The number of hydrogen-bond acceptors (Lipinski definition) is 3. The molecule has 0 aliphatic heterocycles. The van der Waals surface area contributed by atoms with Gasteiger partial charge in [0.05, 0.1) is 19.6 Å². The molecule has 3 heteroatoms. The summed E-state index contributed by atoms with van der Waals surface area (Å²) in [6.45, 7) is 3.89. The number of carbonyl (C=O) groups is 1. The fourth-order valence-corrected chi connectivity index (χ4v) is 0.727. The van der Waals surface area contributed by atoms with E-state index in [2.05, 4.69) is 4.74 Å². The SMILES string of the molecule is CCC(C)[C@@H](O)CC(=O)OC. The Hall–Kier alpha value is -0.570. The summed E-state index contributed by atoms with van der Waals surface area (Å²) in [4.78, 5) is 10.7. The number of hydrogen-bond donors (Lipinski definition) is 1. The first-order valence-corrected chi connectivity index (χ1v) is 3.86. The largest absolute Gasteiger partial charge is 0.469 e. The summed E-state index contributed by atoms with van der Waals surface area (Å²) in [5, 5.41) is 9.32. The van der Waals surface area contributed by atoms with E-state index in [1.165, 1.54) is 7.11 Å². The number of aliphatic hydroxyl groups is 1. The van der Waals surface area contributed by atoms with Gasteiger partial charge in [-0.2, -0.15) is 0 Å². The van der Waals surface area contributed by atoms with Crippen LogP contribution < -0.4 is 0 Å². The Morgan fingerprint density at radius 2 is 2.18 bits per heavy atom. The first-order chi connectivity index (χ1) is 5.11. The van der Waals surface area contributed by atoms with Crippen molar-refractivity contribution in [3.8, 4) is 0 Å². The van der Waals surface area contributed by atoms with Gasteiger partial charge < -0.3 is 9.84 Å². The molecule has 11 heavy (non-hydrogen) atoms. The predicted octanol–water partition coefficient (Wildman–Crippen LogP) is 0.956. The van der Waals surface area contributed by atoms with Crippen molar-refractivity contribution >= 4 is 5.97 Å². The van der Waals surface area contributed by atoms with E-state index in [0.29, 0.717) is 0 Å². The molecular formula is C8H16O3. The zero-order chi connectivity index (χ0) is 8.85. The summed E-state index contributed by atoms with van der Waals surface area (Å²) in [7, 11) is 1.33. The van der Waals surface area contributed by atoms with Crippen LogP contribution in [0.5, 0.6) is 0 Å². The zero-order valence-electron chi connectivity index (χ0n) is 7.33. The van der Waals surface area contributed by atoms with Gasteiger partial charge in [0.15, 0.2) is 0 Å². The fraction of sp³-hybridized carbons (Fsp3) is 0.875. The molecular weight excluding hydrogens is 144 g/mol. The maximum Gasteiger partial charge on any atom is 0.308 e. The lowest BCUT2D eigenvalue weighted by molar-refractivity contribution is -0.143. The van der Waals surface area contributed by atoms with Crippen LogP contribution in [0.2, 0.25) is 0 Å². The molecule has 0 rings (SSSR count). The van der Waals surface area contributed by atoms with Gasteiger partial charge in [-0.3, -0.25) is 4.79 Å². The van der Waals surface area contributed by atoms with Gasteiger partial charge in [-0.05, 0) is 5.92 Å². The Balaban J connectivity index is 3.67. The molecule has 0 aromatic heterocycles. The van der Waals surface area contributed by atoms with E-state index >= 15 is 0 Å². The van der Waals surface area contributed by atoms with Crippen molar-refractivity contribution in [2.24, 2.45) is 5.92 Å². The summed E-state index contributed by atoms with van der Waals surface area (Å²) in [5.74, 6) is -0.188. The van der Waals surface area contributed by atoms with Crippen molar-refractivity contribution in [2.45, 2.75) is 32.8 Å². The molecule has 0 heterocycles. The fourth-order valence-electron chi connectivity index (χ4n) is 0.727. The molecule has 3 nitrogen and oxygen atoms in total. The smallest absolute Gasteiger partial charge is 0.308 e. The second kappa shape index (κ2) is 5.13. The van der Waals surface area contributed by atoms with Crippen LogP contribution in [-0.2, 0) is 9.53 Å². The lowest BCUT2D eigenvalue weighted by Crippen LogP contribution is -2.21. The molecule has 1 unspecified atom stereocenters. The Morgan fingerprint density at radius 1 is 1.64 bits per heavy atom. The molecule has 0 radical (unpaired) electrons. The summed E-state index contributed by atoms with van der Waals surface area (Å²) in [6, 6.07) is 0. The number of carbonyl (C=O) groups excluding carboxylic acids is 1. The lowest BCUT2D eigenvalue weighted by Gasteiger charge is -2.14. The molecule has 0 saturated heterocycles. The number of aliphatic hydroxyl groups excluding tert-OH is 1. The molecule has 0 amide bonds. The van der Waals surface area contributed by atoms with Gasteiger partial charge in [0, 0.05) is 0 Å². The standard InChI is InChI=1S/C8H16O3/c1-4-6(2)7(9)5-8(10)11-3/h6-7,9H,4-5H2,1-3H3/t6?,7-/m0/s1. The van der Waals surface area contributed by atoms with E-state index in [1.807, 2.05) is 13.8 Å². The quantitative estimate of drug-likeness (QED) is 0.623. The van der Waals surface area contributed by atoms with E-state index in [9.17, 15) is 9.90 Å². The van der Waals surface area contributed by atoms with Gasteiger partial charge >= 0.3 is 5.97 Å². The normalized spacial score (nSPS) is 15.6. The monoisotopic (exact) mass is 160 g/mol. The average Bonchev–Trinajstić information content (AvgIpc) is 2.02. The maximum atomic E-state index is 10.7. The van der Waals surface area contributed by atoms with Crippen LogP contribution in [0.4, 0.5) is 0 Å². The molecule has 0 aliphatic carbocycles. The number of methoxy groups -OCH3 is 1. The van der Waals surface area contributed by atoms with Crippen LogP contribution in [0.15, 0.2) is 0 Å². The van der Waals surface area contributed by atoms with Crippen LogP contribution >= 0.6 is 0 Å². The highest BCUT2D eigenvalue weighted by Crippen LogP contribution is 2.10. The molecule has 66 valence electrons. The number of rotatable bonds is 4. The first kappa shape index (κ1) is 10.4. The zero-order valence-corrected chi connectivity index (χ0v) is 7.33. The lowest BCUT2D eigenvalue weighted by atomic mass is 10.00. The van der Waals surface area contributed by atoms with Crippen molar-refractivity contribution in [1.29, 1.82) is 0 Å². The highest BCUT2D eigenvalue weighted by Gasteiger charge is 2.16. The van der Waals surface area contributed by atoms with Gasteiger partial charge in [0.1, 0.15) is 0 Å². The molecule has 2 atom stereocenters. The van der Waals surface area contributed by atoms with Gasteiger partial charge in [0.25, 0.3) is 0 Å². The summed E-state index contributed by atoms with van der Waals surface area (Å²) < 4.78 is 4.42. The minimum atomic E-state index is -0.563. The number of ether oxygens (including phenoxy) is 1. The second-order valence-corrected chi connectivity index (χ2v) is 2.73. The van der Waals surface area contributed by atoms with E-state index in [-0.39, 0.29) is 18.3 Å². The minimum Gasteiger partial charge on any atom is -0.469 e. The van der Waals surface area contributed by atoms with Gasteiger partial charge in [-0.15, -0.1) is 0 Å². The third kappa shape index (κ3) is 3.98. The van der Waals surface area contributed by atoms with E-state index < -0.39 is 6.10 Å². The average molecular weight is 160 g/mol. The Bertz CT molecular complexity index is 123. The van der Waals surface area contributed by atoms with Gasteiger partial charge in [0.2, 0.25) is 0 Å². The van der Waals surface area contributed by atoms with E-state index in [1.54, 1.807) is 0 Å². The van der Waals surface area contributed by atoms with Gasteiger partial charge in [-0.25, -0.2) is 0 Å². The maximum absolute atomic E-state index is 10.7. The van der Waals surface area contributed by atoms with Gasteiger partial charge in [-0.1, -0.05) is 20.3 Å². The first-order valence-electron chi connectivity index (χ1n) is 3.86. The Labute approximate surface area is 67.4 Å². The third-order valence-electron chi connectivity index (χ3n) is 1.90. The van der Waals surface area contributed by atoms with Crippen molar-refractivity contribution in [1.82, 2.24) is 0 Å². The van der Waals surface area contributed by atoms with Crippen LogP contribution in [-0.4, -0.2) is 24.3 Å². The molecule has 0 bridgehead atoms. The minimum absolute atomic E-state index is 0.103. The van der Waals surface area contributed by atoms with Crippen molar-refractivity contribution < 1.29 is 14.6 Å².